The SMILES string of the molecule is Cc1cn[nH]c1NC(=O)c1cc(F)cc(N)c1F. The molecule has 1 aromatic carbocycles. The Morgan fingerprint density at radius 3 is 2.78 bits per heavy atom. The first-order chi connectivity index (χ1) is 8.49. The Bertz CT molecular complexity index is 609. The second-order valence-electron chi connectivity index (χ2n) is 3.74. The Morgan fingerprint density at radius 1 is 1.44 bits per heavy atom. The van der Waals surface area contributed by atoms with E-state index in [1.165, 1.54) is 6.20 Å². The summed E-state index contributed by atoms with van der Waals surface area (Å²) in [5.74, 6) is -2.21. The molecular formula is C11H10F2N4O. The summed E-state index contributed by atoms with van der Waals surface area (Å²) in [7, 11) is 0. The molecule has 1 aromatic heterocycles. The smallest absolute Gasteiger partial charge is 0.259 e. The van der Waals surface area contributed by atoms with Crippen LogP contribution in [-0.2, 0) is 0 Å². The maximum absolute atomic E-state index is 13.6. The molecule has 2 rings (SSSR count). The Balaban J connectivity index is 2.32. The van der Waals surface area contributed by atoms with Gasteiger partial charge < -0.3 is 11.1 Å². The molecular weight excluding hydrogens is 242 g/mol. The van der Waals surface area contributed by atoms with Crippen LogP contribution >= 0.6 is 0 Å². The third-order valence-electron chi connectivity index (χ3n) is 2.38. The fourth-order valence-corrected chi connectivity index (χ4v) is 1.43. The maximum Gasteiger partial charge on any atom is 0.259 e. The number of H-pyrrole nitrogens is 1. The van der Waals surface area contributed by atoms with Gasteiger partial charge in [0.1, 0.15) is 11.6 Å². The Morgan fingerprint density at radius 2 is 2.17 bits per heavy atom. The first kappa shape index (κ1) is 12.0. The zero-order chi connectivity index (χ0) is 13.3. The lowest BCUT2D eigenvalue weighted by Crippen LogP contribution is -2.16. The molecule has 4 N–H and O–H groups in total. The zero-order valence-corrected chi connectivity index (χ0v) is 9.42. The van der Waals surface area contributed by atoms with Gasteiger partial charge in [0.05, 0.1) is 17.4 Å². The van der Waals surface area contributed by atoms with Gasteiger partial charge in [-0.25, -0.2) is 8.78 Å². The van der Waals surface area contributed by atoms with E-state index >= 15 is 0 Å². The highest BCUT2D eigenvalue weighted by molar-refractivity contribution is 6.04. The van der Waals surface area contributed by atoms with Gasteiger partial charge in [-0.2, -0.15) is 5.10 Å². The highest BCUT2D eigenvalue weighted by Gasteiger charge is 2.17. The van der Waals surface area contributed by atoms with Crippen LogP contribution in [0.1, 0.15) is 15.9 Å². The molecule has 94 valence electrons. The van der Waals surface area contributed by atoms with E-state index in [1.54, 1.807) is 6.92 Å². The number of carbonyl (C=O) groups is 1. The number of anilines is 2. The van der Waals surface area contributed by atoms with E-state index in [0.717, 1.165) is 12.1 Å². The molecule has 1 amide bonds. The predicted octanol–water partition coefficient (Wildman–Crippen LogP) is 1.83. The van der Waals surface area contributed by atoms with Crippen LogP contribution < -0.4 is 11.1 Å². The van der Waals surface area contributed by atoms with Crippen molar-refractivity contribution in [1.82, 2.24) is 10.2 Å². The van der Waals surface area contributed by atoms with Gasteiger partial charge in [0.15, 0.2) is 5.82 Å². The van der Waals surface area contributed by atoms with E-state index in [-0.39, 0.29) is 0 Å². The summed E-state index contributed by atoms with van der Waals surface area (Å²) in [5.41, 5.74) is 5.05. The molecule has 0 radical (unpaired) electrons. The van der Waals surface area contributed by atoms with Gasteiger partial charge in [-0.05, 0) is 19.1 Å². The molecule has 0 saturated heterocycles. The summed E-state index contributed by atoms with van der Waals surface area (Å²) in [6.45, 7) is 1.70. The summed E-state index contributed by atoms with van der Waals surface area (Å²) in [6.07, 6.45) is 1.49. The van der Waals surface area contributed by atoms with Crippen molar-refractivity contribution in [3.8, 4) is 0 Å². The molecule has 1 heterocycles. The van der Waals surface area contributed by atoms with Crippen molar-refractivity contribution in [1.29, 1.82) is 0 Å². The number of hydrogen-bond donors (Lipinski definition) is 3. The van der Waals surface area contributed by atoms with Gasteiger partial charge in [0.25, 0.3) is 5.91 Å². The summed E-state index contributed by atoms with van der Waals surface area (Å²) in [4.78, 5) is 11.8. The Labute approximate surface area is 101 Å². The summed E-state index contributed by atoms with van der Waals surface area (Å²) >= 11 is 0. The van der Waals surface area contributed by atoms with Crippen molar-refractivity contribution in [2.75, 3.05) is 11.1 Å². The molecule has 0 atom stereocenters. The first-order valence-electron chi connectivity index (χ1n) is 5.05. The number of aromatic amines is 1. The highest BCUT2D eigenvalue weighted by atomic mass is 19.1. The number of halogens is 2. The molecule has 0 fully saturated rings. The van der Waals surface area contributed by atoms with Crippen molar-refractivity contribution in [2.45, 2.75) is 6.92 Å². The summed E-state index contributed by atoms with van der Waals surface area (Å²) in [6, 6.07) is 1.60. The molecule has 7 heteroatoms. The normalized spacial score (nSPS) is 10.4. The summed E-state index contributed by atoms with van der Waals surface area (Å²) < 4.78 is 26.7. The number of nitrogen functional groups attached to an aromatic ring is 1. The zero-order valence-electron chi connectivity index (χ0n) is 9.42. The Kier molecular flexibility index (Phi) is 2.97. The van der Waals surface area contributed by atoms with Crippen LogP contribution in [0.3, 0.4) is 0 Å². The summed E-state index contributed by atoms with van der Waals surface area (Å²) in [5, 5.41) is 8.60. The topological polar surface area (TPSA) is 83.8 Å². The number of nitrogens with two attached hydrogens (primary N) is 1. The van der Waals surface area contributed by atoms with Gasteiger partial charge in [-0.15, -0.1) is 0 Å². The number of benzene rings is 1. The molecule has 0 unspecified atom stereocenters. The molecule has 0 bridgehead atoms. The van der Waals surface area contributed by atoms with Gasteiger partial charge in [0, 0.05) is 5.56 Å². The van der Waals surface area contributed by atoms with Crippen LogP contribution in [0.2, 0.25) is 0 Å². The van der Waals surface area contributed by atoms with Gasteiger partial charge in [-0.1, -0.05) is 0 Å². The van der Waals surface area contributed by atoms with E-state index in [0.29, 0.717) is 11.4 Å². The minimum atomic E-state index is -0.953. The standard InChI is InChI=1S/C11H10F2N4O/c1-5-4-15-17-10(5)16-11(18)7-2-6(12)3-8(14)9(7)13/h2-4H,14H2,1H3,(H2,15,16,17,18). The third kappa shape index (κ3) is 2.15. The first-order valence-corrected chi connectivity index (χ1v) is 5.05. The lowest BCUT2D eigenvalue weighted by atomic mass is 10.1. The minimum Gasteiger partial charge on any atom is -0.396 e. The Hall–Kier alpha value is -2.44. The quantitative estimate of drug-likeness (QED) is 0.713. The monoisotopic (exact) mass is 252 g/mol. The van der Waals surface area contributed by atoms with E-state index in [9.17, 15) is 13.6 Å². The van der Waals surface area contributed by atoms with Crippen LogP contribution in [0.25, 0.3) is 0 Å². The van der Waals surface area contributed by atoms with Crippen LogP contribution in [0.5, 0.6) is 0 Å². The molecule has 5 nitrogen and oxygen atoms in total. The number of aryl methyl sites for hydroxylation is 1. The van der Waals surface area contributed by atoms with Crippen LogP contribution in [-0.4, -0.2) is 16.1 Å². The molecule has 2 aromatic rings. The molecule has 0 aliphatic heterocycles. The van der Waals surface area contributed by atoms with Crippen molar-refractivity contribution in [3.63, 3.8) is 0 Å². The molecule has 0 aliphatic carbocycles. The van der Waals surface area contributed by atoms with E-state index < -0.39 is 28.8 Å². The van der Waals surface area contributed by atoms with Crippen molar-refractivity contribution in [3.05, 3.63) is 41.1 Å². The number of hydrogen-bond acceptors (Lipinski definition) is 3. The minimum absolute atomic E-state index is 0.322. The van der Waals surface area contributed by atoms with E-state index in [1.807, 2.05) is 0 Å². The number of nitrogens with zero attached hydrogens (tertiary/aromatic N) is 1. The number of rotatable bonds is 2. The number of amides is 1. The fraction of sp³-hybridized carbons (Fsp3) is 0.0909. The van der Waals surface area contributed by atoms with Crippen molar-refractivity contribution < 1.29 is 13.6 Å². The average Bonchev–Trinajstić information content (AvgIpc) is 2.69. The maximum atomic E-state index is 13.6. The van der Waals surface area contributed by atoms with Crippen molar-refractivity contribution >= 4 is 17.4 Å². The lowest BCUT2D eigenvalue weighted by molar-refractivity contribution is 0.102. The second-order valence-corrected chi connectivity index (χ2v) is 3.74. The molecule has 18 heavy (non-hydrogen) atoms. The van der Waals surface area contributed by atoms with Crippen molar-refractivity contribution in [2.24, 2.45) is 0 Å². The van der Waals surface area contributed by atoms with E-state index in [4.69, 9.17) is 5.73 Å². The lowest BCUT2D eigenvalue weighted by Gasteiger charge is -2.06. The third-order valence-corrected chi connectivity index (χ3v) is 2.38. The van der Waals surface area contributed by atoms with Gasteiger partial charge in [0.2, 0.25) is 0 Å². The van der Waals surface area contributed by atoms with Gasteiger partial charge >= 0.3 is 0 Å². The van der Waals surface area contributed by atoms with Crippen LogP contribution in [0, 0.1) is 18.6 Å². The number of carbonyl (C=O) groups excluding carboxylic acids is 1. The predicted molar refractivity (Wildman–Crippen MR) is 62.0 cm³/mol. The number of nitrogens with one attached hydrogen (secondary N) is 2. The van der Waals surface area contributed by atoms with Crippen LogP contribution in [0.15, 0.2) is 18.3 Å². The molecule has 0 spiro atoms. The van der Waals surface area contributed by atoms with Gasteiger partial charge in [-0.3, -0.25) is 9.89 Å². The molecule has 0 saturated carbocycles. The molecule has 0 aliphatic rings. The van der Waals surface area contributed by atoms with Crippen LogP contribution in [0.4, 0.5) is 20.3 Å². The van der Waals surface area contributed by atoms with E-state index in [2.05, 4.69) is 15.5 Å². The average molecular weight is 252 g/mol. The fourth-order valence-electron chi connectivity index (χ4n) is 1.43. The highest BCUT2D eigenvalue weighted by Crippen LogP contribution is 2.19. The largest absolute Gasteiger partial charge is 0.396 e. The second kappa shape index (κ2) is 4.44. The number of aromatic nitrogens is 2.